The quantitative estimate of drug-likeness (QED) is 0.801. The van der Waals surface area contributed by atoms with Gasteiger partial charge in [0.05, 0.1) is 12.6 Å². The van der Waals surface area contributed by atoms with E-state index in [4.69, 9.17) is 4.74 Å². The fourth-order valence-electron chi connectivity index (χ4n) is 2.18. The summed E-state index contributed by atoms with van der Waals surface area (Å²) in [6, 6.07) is 16.6. The van der Waals surface area contributed by atoms with Crippen LogP contribution in [0.15, 0.2) is 60.7 Å². The molecule has 0 fully saturated rings. The summed E-state index contributed by atoms with van der Waals surface area (Å²) in [5.41, 5.74) is 1.07. The summed E-state index contributed by atoms with van der Waals surface area (Å²) in [4.78, 5) is 24.2. The number of hydrogen-bond acceptors (Lipinski definition) is 4. The van der Waals surface area contributed by atoms with Crippen molar-refractivity contribution < 1.29 is 19.4 Å². The van der Waals surface area contributed by atoms with Crippen LogP contribution in [0.5, 0.6) is 0 Å². The van der Waals surface area contributed by atoms with Crippen LogP contribution in [0.3, 0.4) is 0 Å². The first-order chi connectivity index (χ1) is 11.1. The predicted molar refractivity (Wildman–Crippen MR) is 85.7 cm³/mol. The maximum Gasteiger partial charge on any atom is 0.337 e. The van der Waals surface area contributed by atoms with E-state index < -0.39 is 18.1 Å². The molecule has 0 aromatic heterocycles. The SMILES string of the molecule is CCOC(=O)[C@@H](O)[C@H](NC(=O)c1ccccc1)c1ccccc1. The molecule has 120 valence electrons. The number of benzene rings is 2. The summed E-state index contributed by atoms with van der Waals surface area (Å²) < 4.78 is 4.85. The maximum atomic E-state index is 12.3. The number of carbonyl (C=O) groups is 2. The minimum Gasteiger partial charge on any atom is -0.464 e. The third kappa shape index (κ3) is 4.40. The number of aliphatic hydroxyl groups is 1. The molecule has 2 atom stereocenters. The molecule has 23 heavy (non-hydrogen) atoms. The first-order valence-corrected chi connectivity index (χ1v) is 7.39. The van der Waals surface area contributed by atoms with E-state index in [2.05, 4.69) is 5.32 Å². The number of nitrogens with one attached hydrogen (secondary N) is 1. The van der Waals surface area contributed by atoms with Gasteiger partial charge in [0.2, 0.25) is 0 Å². The summed E-state index contributed by atoms with van der Waals surface area (Å²) in [5, 5.41) is 13.0. The molecule has 0 spiro atoms. The smallest absolute Gasteiger partial charge is 0.337 e. The molecule has 2 rings (SSSR count). The van der Waals surface area contributed by atoms with E-state index in [0.29, 0.717) is 11.1 Å². The van der Waals surface area contributed by atoms with Crippen molar-refractivity contribution >= 4 is 11.9 Å². The van der Waals surface area contributed by atoms with E-state index in [-0.39, 0.29) is 12.5 Å². The maximum absolute atomic E-state index is 12.3. The van der Waals surface area contributed by atoms with Gasteiger partial charge in [0.1, 0.15) is 0 Å². The molecule has 0 bridgehead atoms. The van der Waals surface area contributed by atoms with Gasteiger partial charge in [0, 0.05) is 5.56 Å². The summed E-state index contributed by atoms with van der Waals surface area (Å²) >= 11 is 0. The average Bonchev–Trinajstić information content (AvgIpc) is 2.60. The molecule has 0 aliphatic rings. The molecule has 0 radical (unpaired) electrons. The van der Waals surface area contributed by atoms with Crippen molar-refractivity contribution in [3.8, 4) is 0 Å². The van der Waals surface area contributed by atoms with E-state index in [9.17, 15) is 14.7 Å². The van der Waals surface area contributed by atoms with Gasteiger partial charge in [0.15, 0.2) is 6.10 Å². The highest BCUT2D eigenvalue weighted by Gasteiger charge is 2.30. The Kier molecular flexibility index (Phi) is 5.88. The Balaban J connectivity index is 2.23. The summed E-state index contributed by atoms with van der Waals surface area (Å²) in [6.45, 7) is 1.81. The van der Waals surface area contributed by atoms with Crippen molar-refractivity contribution in [1.29, 1.82) is 0 Å². The van der Waals surface area contributed by atoms with Gasteiger partial charge in [-0.2, -0.15) is 0 Å². The van der Waals surface area contributed by atoms with Crippen molar-refractivity contribution in [2.24, 2.45) is 0 Å². The number of aliphatic hydroxyl groups excluding tert-OH is 1. The van der Waals surface area contributed by atoms with Gasteiger partial charge in [-0.05, 0) is 24.6 Å². The highest BCUT2D eigenvalue weighted by Crippen LogP contribution is 2.19. The van der Waals surface area contributed by atoms with E-state index in [0.717, 1.165) is 0 Å². The van der Waals surface area contributed by atoms with Crippen molar-refractivity contribution in [3.05, 3.63) is 71.8 Å². The zero-order valence-electron chi connectivity index (χ0n) is 12.8. The number of ether oxygens (including phenoxy) is 1. The molecule has 2 aromatic carbocycles. The minimum atomic E-state index is -1.48. The summed E-state index contributed by atoms with van der Waals surface area (Å²) in [6.07, 6.45) is -1.48. The van der Waals surface area contributed by atoms with Crippen LogP contribution < -0.4 is 5.32 Å². The lowest BCUT2D eigenvalue weighted by molar-refractivity contribution is -0.154. The molecule has 0 aliphatic carbocycles. The lowest BCUT2D eigenvalue weighted by Crippen LogP contribution is -2.41. The Morgan fingerprint density at radius 1 is 1.04 bits per heavy atom. The Hall–Kier alpha value is -2.66. The van der Waals surface area contributed by atoms with Gasteiger partial charge in [-0.15, -0.1) is 0 Å². The van der Waals surface area contributed by atoms with Gasteiger partial charge in [-0.3, -0.25) is 4.79 Å². The molecular weight excluding hydrogens is 294 g/mol. The molecule has 1 amide bonds. The van der Waals surface area contributed by atoms with Gasteiger partial charge in [0.25, 0.3) is 5.91 Å². The Bertz CT molecular complexity index is 643. The minimum absolute atomic E-state index is 0.157. The molecule has 2 aromatic rings. The average molecular weight is 313 g/mol. The number of carbonyl (C=O) groups excluding carboxylic acids is 2. The predicted octanol–water partition coefficient (Wildman–Crippen LogP) is 2.08. The molecule has 0 heterocycles. The normalized spacial score (nSPS) is 13.0. The second-order valence-corrected chi connectivity index (χ2v) is 4.92. The number of esters is 1. The zero-order chi connectivity index (χ0) is 16.7. The fourth-order valence-corrected chi connectivity index (χ4v) is 2.18. The van der Waals surface area contributed by atoms with Crippen molar-refractivity contribution in [1.82, 2.24) is 5.32 Å². The number of hydrogen-bond donors (Lipinski definition) is 2. The summed E-state index contributed by atoms with van der Waals surface area (Å²) in [7, 11) is 0. The van der Waals surface area contributed by atoms with Crippen LogP contribution in [0.2, 0.25) is 0 Å². The van der Waals surface area contributed by atoms with Gasteiger partial charge in [-0.1, -0.05) is 48.5 Å². The first kappa shape index (κ1) is 16.7. The van der Waals surface area contributed by atoms with Crippen LogP contribution in [-0.4, -0.2) is 29.7 Å². The Labute approximate surface area is 134 Å². The van der Waals surface area contributed by atoms with E-state index in [1.54, 1.807) is 61.5 Å². The highest BCUT2D eigenvalue weighted by atomic mass is 16.5. The van der Waals surface area contributed by atoms with Gasteiger partial charge >= 0.3 is 5.97 Å². The molecule has 5 nitrogen and oxygen atoms in total. The van der Waals surface area contributed by atoms with Crippen molar-refractivity contribution in [2.45, 2.75) is 19.1 Å². The number of amides is 1. The molecule has 0 saturated carbocycles. The van der Waals surface area contributed by atoms with E-state index in [1.807, 2.05) is 6.07 Å². The molecular formula is C18H19NO4. The van der Waals surface area contributed by atoms with Crippen molar-refractivity contribution in [2.75, 3.05) is 6.61 Å². The second kappa shape index (κ2) is 8.10. The molecule has 0 saturated heterocycles. The second-order valence-electron chi connectivity index (χ2n) is 4.92. The van der Waals surface area contributed by atoms with Crippen LogP contribution >= 0.6 is 0 Å². The van der Waals surface area contributed by atoms with Crippen LogP contribution in [-0.2, 0) is 9.53 Å². The van der Waals surface area contributed by atoms with Crippen molar-refractivity contribution in [3.63, 3.8) is 0 Å². The third-order valence-corrected chi connectivity index (χ3v) is 3.33. The van der Waals surface area contributed by atoms with Crippen LogP contribution in [0.1, 0.15) is 28.9 Å². The monoisotopic (exact) mass is 313 g/mol. The Morgan fingerprint density at radius 2 is 1.61 bits per heavy atom. The van der Waals surface area contributed by atoms with E-state index >= 15 is 0 Å². The molecule has 0 aliphatic heterocycles. The highest BCUT2D eigenvalue weighted by molar-refractivity contribution is 5.94. The standard InChI is InChI=1S/C18H19NO4/c1-2-23-18(22)16(20)15(13-9-5-3-6-10-13)19-17(21)14-11-7-4-8-12-14/h3-12,15-16,20H,2H2,1H3,(H,19,21)/t15-,16+/m1/s1. The zero-order valence-corrected chi connectivity index (χ0v) is 12.8. The molecule has 5 heteroatoms. The summed E-state index contributed by atoms with van der Waals surface area (Å²) in [5.74, 6) is -1.14. The fraction of sp³-hybridized carbons (Fsp3) is 0.222. The largest absolute Gasteiger partial charge is 0.464 e. The van der Waals surface area contributed by atoms with E-state index in [1.165, 1.54) is 0 Å². The van der Waals surface area contributed by atoms with Crippen LogP contribution in [0.25, 0.3) is 0 Å². The number of rotatable bonds is 6. The third-order valence-electron chi connectivity index (χ3n) is 3.33. The topological polar surface area (TPSA) is 75.6 Å². The van der Waals surface area contributed by atoms with Gasteiger partial charge in [-0.25, -0.2) is 4.79 Å². The van der Waals surface area contributed by atoms with Gasteiger partial charge < -0.3 is 15.2 Å². The lowest BCUT2D eigenvalue weighted by Gasteiger charge is -2.23. The molecule has 0 unspecified atom stereocenters. The lowest BCUT2D eigenvalue weighted by atomic mass is 10.0. The Morgan fingerprint density at radius 3 is 2.17 bits per heavy atom. The molecule has 2 N–H and O–H groups in total. The first-order valence-electron chi connectivity index (χ1n) is 7.39. The van der Waals surface area contributed by atoms with Crippen LogP contribution in [0.4, 0.5) is 0 Å². The van der Waals surface area contributed by atoms with Crippen LogP contribution in [0, 0.1) is 0 Å².